The topological polar surface area (TPSA) is 69.7 Å². The van der Waals surface area contributed by atoms with E-state index in [9.17, 15) is 13.2 Å². The minimum Gasteiger partial charge on any atom is -0.372 e. The second-order valence-corrected chi connectivity index (χ2v) is 10.1. The van der Waals surface area contributed by atoms with E-state index >= 15 is 0 Å². The van der Waals surface area contributed by atoms with E-state index in [-0.39, 0.29) is 21.4 Å². The number of piperidine rings is 1. The Bertz CT molecular complexity index is 1010. The number of carbonyl (C=O) groups is 1. The smallest absolute Gasteiger partial charge is 0.255 e. The lowest BCUT2D eigenvalue weighted by Crippen LogP contribution is -2.29. The predicted octanol–water partition coefficient (Wildman–Crippen LogP) is 4.37. The Hall–Kier alpha value is -2.09. The van der Waals surface area contributed by atoms with Crippen LogP contribution in [-0.4, -0.2) is 44.8 Å². The summed E-state index contributed by atoms with van der Waals surface area (Å²) in [4.78, 5) is 15.1. The van der Waals surface area contributed by atoms with E-state index in [1.807, 2.05) is 24.3 Å². The van der Waals surface area contributed by atoms with E-state index in [0.29, 0.717) is 18.8 Å². The fourth-order valence-corrected chi connectivity index (χ4v) is 6.04. The van der Waals surface area contributed by atoms with Crippen LogP contribution in [0.5, 0.6) is 0 Å². The first-order valence-corrected chi connectivity index (χ1v) is 12.2. The largest absolute Gasteiger partial charge is 0.372 e. The van der Waals surface area contributed by atoms with E-state index in [2.05, 4.69) is 10.2 Å². The quantitative estimate of drug-likeness (QED) is 0.739. The number of benzene rings is 2. The first-order valence-electron chi connectivity index (χ1n) is 10.4. The van der Waals surface area contributed by atoms with Crippen molar-refractivity contribution in [3.05, 3.63) is 53.1 Å². The standard InChI is InChI=1S/C22H26ClN3O3S/c23-20-11-6-17(16-21(20)30(28,29)26-14-4-5-15-26)22(27)24-18-7-9-19(10-8-18)25-12-2-1-3-13-25/h6-11,16H,1-5,12-15H2,(H,24,27). The molecule has 0 saturated carbocycles. The summed E-state index contributed by atoms with van der Waals surface area (Å²) >= 11 is 6.17. The van der Waals surface area contributed by atoms with Crippen LogP contribution in [0.25, 0.3) is 0 Å². The van der Waals surface area contributed by atoms with Gasteiger partial charge in [-0.15, -0.1) is 0 Å². The summed E-state index contributed by atoms with van der Waals surface area (Å²) in [6.07, 6.45) is 5.37. The molecule has 0 bridgehead atoms. The molecule has 2 fully saturated rings. The van der Waals surface area contributed by atoms with Crippen LogP contribution >= 0.6 is 11.6 Å². The van der Waals surface area contributed by atoms with Gasteiger partial charge in [-0.2, -0.15) is 4.31 Å². The molecule has 0 aliphatic carbocycles. The molecule has 2 aromatic carbocycles. The number of halogens is 1. The lowest BCUT2D eigenvalue weighted by atomic mass is 10.1. The number of amides is 1. The Labute approximate surface area is 182 Å². The summed E-state index contributed by atoms with van der Waals surface area (Å²) in [5.74, 6) is -0.365. The molecule has 30 heavy (non-hydrogen) atoms. The minimum atomic E-state index is -3.70. The van der Waals surface area contributed by atoms with Crippen molar-refractivity contribution in [3.63, 3.8) is 0 Å². The molecule has 2 saturated heterocycles. The lowest BCUT2D eigenvalue weighted by Gasteiger charge is -2.28. The number of nitrogens with one attached hydrogen (secondary N) is 1. The van der Waals surface area contributed by atoms with Crippen LogP contribution in [0, 0.1) is 0 Å². The highest BCUT2D eigenvalue weighted by Crippen LogP contribution is 2.28. The first kappa shape index (κ1) is 21.2. The Morgan fingerprint density at radius 1 is 0.867 bits per heavy atom. The van der Waals surface area contributed by atoms with Crippen molar-refractivity contribution in [2.24, 2.45) is 0 Å². The molecule has 2 aromatic rings. The zero-order chi connectivity index (χ0) is 21.1. The summed E-state index contributed by atoms with van der Waals surface area (Å²) < 4.78 is 27.2. The Balaban J connectivity index is 1.49. The van der Waals surface area contributed by atoms with Crippen molar-refractivity contribution in [2.45, 2.75) is 37.0 Å². The van der Waals surface area contributed by atoms with Crippen molar-refractivity contribution in [1.29, 1.82) is 0 Å². The van der Waals surface area contributed by atoms with Gasteiger partial charge < -0.3 is 10.2 Å². The van der Waals surface area contributed by atoms with Gasteiger partial charge in [0.1, 0.15) is 4.90 Å². The zero-order valence-corrected chi connectivity index (χ0v) is 18.4. The van der Waals surface area contributed by atoms with Crippen molar-refractivity contribution < 1.29 is 13.2 Å². The maximum absolute atomic E-state index is 12.9. The van der Waals surface area contributed by atoms with Crippen LogP contribution in [0.2, 0.25) is 5.02 Å². The van der Waals surface area contributed by atoms with Gasteiger partial charge in [-0.25, -0.2) is 8.42 Å². The molecule has 2 aliphatic heterocycles. The van der Waals surface area contributed by atoms with Crippen LogP contribution in [0.3, 0.4) is 0 Å². The number of hydrogen-bond donors (Lipinski definition) is 1. The summed E-state index contributed by atoms with van der Waals surface area (Å²) in [6, 6.07) is 12.1. The highest BCUT2D eigenvalue weighted by Gasteiger charge is 2.29. The van der Waals surface area contributed by atoms with Gasteiger partial charge in [0.25, 0.3) is 5.91 Å². The summed E-state index contributed by atoms with van der Waals surface area (Å²) in [6.45, 7) is 3.09. The second kappa shape index (κ2) is 8.96. The van der Waals surface area contributed by atoms with Gasteiger partial charge in [0.2, 0.25) is 10.0 Å². The van der Waals surface area contributed by atoms with Crippen LogP contribution in [-0.2, 0) is 10.0 Å². The molecule has 0 spiro atoms. The average Bonchev–Trinajstić information content (AvgIpc) is 3.31. The number of sulfonamides is 1. The number of nitrogens with zero attached hydrogens (tertiary/aromatic N) is 2. The van der Waals surface area contributed by atoms with E-state index in [0.717, 1.165) is 31.6 Å². The zero-order valence-electron chi connectivity index (χ0n) is 16.8. The van der Waals surface area contributed by atoms with Crippen molar-refractivity contribution in [1.82, 2.24) is 4.31 Å². The van der Waals surface area contributed by atoms with Crippen LogP contribution in [0.4, 0.5) is 11.4 Å². The Morgan fingerprint density at radius 3 is 2.17 bits per heavy atom. The highest BCUT2D eigenvalue weighted by atomic mass is 35.5. The molecule has 0 aromatic heterocycles. The monoisotopic (exact) mass is 447 g/mol. The van der Waals surface area contributed by atoms with Crippen LogP contribution in [0.1, 0.15) is 42.5 Å². The molecular formula is C22H26ClN3O3S. The summed E-state index contributed by atoms with van der Waals surface area (Å²) in [7, 11) is -3.70. The van der Waals surface area contributed by atoms with E-state index < -0.39 is 10.0 Å². The normalized spacial score (nSPS) is 17.8. The maximum atomic E-state index is 12.9. The molecule has 0 unspecified atom stereocenters. The second-order valence-electron chi connectivity index (χ2n) is 7.81. The molecule has 2 aliphatic rings. The summed E-state index contributed by atoms with van der Waals surface area (Å²) in [5, 5.41) is 2.98. The highest BCUT2D eigenvalue weighted by molar-refractivity contribution is 7.89. The number of anilines is 2. The van der Waals surface area contributed by atoms with Crippen LogP contribution < -0.4 is 10.2 Å². The fourth-order valence-electron chi connectivity index (χ4n) is 4.02. The van der Waals surface area contributed by atoms with Crippen molar-refractivity contribution >= 4 is 38.9 Å². The first-order chi connectivity index (χ1) is 14.4. The summed E-state index contributed by atoms with van der Waals surface area (Å²) in [5.41, 5.74) is 2.08. The molecule has 8 heteroatoms. The third-order valence-electron chi connectivity index (χ3n) is 5.72. The molecule has 0 radical (unpaired) electrons. The van der Waals surface area contributed by atoms with E-state index in [4.69, 9.17) is 11.6 Å². The SMILES string of the molecule is O=C(Nc1ccc(N2CCCCC2)cc1)c1ccc(Cl)c(S(=O)(=O)N2CCCC2)c1. The molecule has 0 atom stereocenters. The molecule has 160 valence electrons. The third-order valence-corrected chi connectivity index (χ3v) is 8.10. The van der Waals surface area contributed by atoms with Gasteiger partial charge in [0.05, 0.1) is 5.02 Å². The molecule has 2 heterocycles. The Morgan fingerprint density at radius 2 is 1.50 bits per heavy atom. The maximum Gasteiger partial charge on any atom is 0.255 e. The average molecular weight is 448 g/mol. The van der Waals surface area contributed by atoms with Gasteiger partial charge in [-0.05, 0) is 74.6 Å². The number of hydrogen-bond acceptors (Lipinski definition) is 4. The molecular weight excluding hydrogens is 422 g/mol. The van der Waals surface area contributed by atoms with Gasteiger partial charge in [-0.1, -0.05) is 11.6 Å². The third kappa shape index (κ3) is 4.48. The van der Waals surface area contributed by atoms with Gasteiger partial charge >= 0.3 is 0 Å². The van der Waals surface area contributed by atoms with E-state index in [1.165, 1.54) is 35.7 Å². The van der Waals surface area contributed by atoms with Crippen molar-refractivity contribution in [3.8, 4) is 0 Å². The fraction of sp³-hybridized carbons (Fsp3) is 0.409. The predicted molar refractivity (Wildman–Crippen MR) is 120 cm³/mol. The number of carbonyl (C=O) groups excluding carboxylic acids is 1. The minimum absolute atomic E-state index is 0.0147. The van der Waals surface area contributed by atoms with Crippen LogP contribution in [0.15, 0.2) is 47.4 Å². The molecule has 4 rings (SSSR count). The van der Waals surface area contributed by atoms with Gasteiger partial charge in [0, 0.05) is 43.1 Å². The number of rotatable bonds is 5. The van der Waals surface area contributed by atoms with Gasteiger partial charge in [-0.3, -0.25) is 4.79 Å². The molecule has 6 nitrogen and oxygen atoms in total. The Kier molecular flexibility index (Phi) is 6.32. The van der Waals surface area contributed by atoms with E-state index in [1.54, 1.807) is 6.07 Å². The molecule has 1 N–H and O–H groups in total. The van der Waals surface area contributed by atoms with Crippen molar-refractivity contribution in [2.75, 3.05) is 36.4 Å². The lowest BCUT2D eigenvalue weighted by molar-refractivity contribution is 0.102. The van der Waals surface area contributed by atoms with Gasteiger partial charge in [0.15, 0.2) is 0 Å². The molecule has 1 amide bonds.